The predicted molar refractivity (Wildman–Crippen MR) is 73.3 cm³/mol. The number of carbonyl (C=O) groups is 1. The van der Waals surface area contributed by atoms with Crippen LogP contribution in [0.5, 0.6) is 5.75 Å². The SMILES string of the molecule is COc1ccc(-n2nc(C(C)=O)c3cccc[n+]32)cc1. The molecule has 20 heavy (non-hydrogen) atoms. The lowest BCUT2D eigenvalue weighted by Gasteiger charge is -2.00. The van der Waals surface area contributed by atoms with E-state index in [1.165, 1.54) is 6.92 Å². The molecule has 2 aromatic heterocycles. The third-order valence-electron chi connectivity index (χ3n) is 3.12. The van der Waals surface area contributed by atoms with Crippen LogP contribution in [-0.4, -0.2) is 22.8 Å². The van der Waals surface area contributed by atoms with Gasteiger partial charge in [-0.1, -0.05) is 6.07 Å². The first kappa shape index (κ1) is 12.3. The minimum absolute atomic E-state index is 0.0547. The fraction of sp³-hybridized carbons (Fsp3) is 0.133. The van der Waals surface area contributed by atoms with Gasteiger partial charge in [0.1, 0.15) is 17.6 Å². The third-order valence-corrected chi connectivity index (χ3v) is 3.12. The van der Waals surface area contributed by atoms with E-state index in [2.05, 4.69) is 5.10 Å². The van der Waals surface area contributed by atoms with Crippen LogP contribution in [0.4, 0.5) is 0 Å². The molecule has 0 saturated heterocycles. The normalized spacial score (nSPS) is 10.7. The van der Waals surface area contributed by atoms with E-state index >= 15 is 0 Å². The van der Waals surface area contributed by atoms with Gasteiger partial charge in [-0.2, -0.15) is 0 Å². The molecule has 0 aliphatic carbocycles. The fourth-order valence-electron chi connectivity index (χ4n) is 2.13. The zero-order valence-electron chi connectivity index (χ0n) is 11.3. The average molecular weight is 268 g/mol. The molecule has 0 radical (unpaired) electrons. The molecule has 3 aromatic rings. The van der Waals surface area contributed by atoms with Crippen LogP contribution >= 0.6 is 0 Å². The molecule has 1 aromatic carbocycles. The molecular formula is C15H14N3O2+. The van der Waals surface area contributed by atoms with Gasteiger partial charge in [-0.3, -0.25) is 4.79 Å². The van der Waals surface area contributed by atoms with Gasteiger partial charge in [0, 0.05) is 6.92 Å². The Morgan fingerprint density at radius 1 is 1.20 bits per heavy atom. The largest absolute Gasteiger partial charge is 0.497 e. The monoisotopic (exact) mass is 268 g/mol. The van der Waals surface area contributed by atoms with Crippen LogP contribution in [0.15, 0.2) is 48.7 Å². The zero-order chi connectivity index (χ0) is 14.1. The molecule has 100 valence electrons. The second-order valence-corrected chi connectivity index (χ2v) is 4.42. The highest BCUT2D eigenvalue weighted by molar-refractivity contribution is 5.97. The molecule has 0 spiro atoms. The Labute approximate surface area is 116 Å². The van der Waals surface area contributed by atoms with E-state index in [1.807, 2.05) is 53.2 Å². The Balaban J connectivity index is 2.22. The summed E-state index contributed by atoms with van der Waals surface area (Å²) in [5.41, 5.74) is 2.11. The molecule has 0 N–H and O–H groups in total. The second-order valence-electron chi connectivity index (χ2n) is 4.42. The molecule has 0 atom stereocenters. The molecule has 0 fully saturated rings. The van der Waals surface area contributed by atoms with Crippen molar-refractivity contribution in [2.45, 2.75) is 6.92 Å². The lowest BCUT2D eigenvalue weighted by Crippen LogP contribution is -2.31. The molecule has 0 bridgehead atoms. The van der Waals surface area contributed by atoms with E-state index in [4.69, 9.17) is 4.74 Å². The predicted octanol–water partition coefficient (Wildman–Crippen LogP) is 1.82. The Bertz CT molecular complexity index is 775. The molecule has 0 aliphatic rings. The number of hydrogen-bond donors (Lipinski definition) is 0. The standard InChI is InChI=1S/C15H14N3O2/c1-11(19)15-14-5-3-4-10-17(14)18(16-15)12-6-8-13(20-2)9-7-12/h3-10H,1-2H3/q+1. The van der Waals surface area contributed by atoms with Gasteiger partial charge < -0.3 is 4.74 Å². The van der Waals surface area contributed by atoms with Crippen LogP contribution in [0.1, 0.15) is 17.4 Å². The van der Waals surface area contributed by atoms with Crippen LogP contribution in [0, 0.1) is 0 Å². The van der Waals surface area contributed by atoms with E-state index in [0.29, 0.717) is 5.69 Å². The first-order valence-electron chi connectivity index (χ1n) is 6.26. The van der Waals surface area contributed by atoms with Crippen molar-refractivity contribution in [3.05, 3.63) is 54.4 Å². The summed E-state index contributed by atoms with van der Waals surface area (Å²) < 4.78 is 6.99. The number of aromatic nitrogens is 3. The van der Waals surface area contributed by atoms with Gasteiger partial charge in [-0.25, -0.2) is 0 Å². The fourth-order valence-corrected chi connectivity index (χ4v) is 2.13. The molecule has 2 heterocycles. The number of nitrogens with zero attached hydrogens (tertiary/aromatic N) is 3. The molecular weight excluding hydrogens is 254 g/mol. The lowest BCUT2D eigenvalue weighted by molar-refractivity contribution is -0.603. The van der Waals surface area contributed by atoms with Crippen LogP contribution in [0.2, 0.25) is 0 Å². The van der Waals surface area contributed by atoms with E-state index in [1.54, 1.807) is 11.9 Å². The number of methoxy groups -OCH3 is 1. The third kappa shape index (κ3) is 1.93. The lowest BCUT2D eigenvalue weighted by atomic mass is 10.2. The number of pyridine rings is 1. The molecule has 5 heteroatoms. The highest BCUT2D eigenvalue weighted by Crippen LogP contribution is 2.14. The van der Waals surface area contributed by atoms with Crippen LogP contribution in [-0.2, 0) is 0 Å². The number of hydrogen-bond acceptors (Lipinski definition) is 3. The van der Waals surface area contributed by atoms with Crippen LogP contribution in [0.25, 0.3) is 11.2 Å². The summed E-state index contributed by atoms with van der Waals surface area (Å²) in [5, 5.41) is 4.40. The van der Waals surface area contributed by atoms with Crippen molar-refractivity contribution in [1.29, 1.82) is 0 Å². The Kier molecular flexibility index (Phi) is 2.95. The summed E-state index contributed by atoms with van der Waals surface area (Å²) in [7, 11) is 1.63. The summed E-state index contributed by atoms with van der Waals surface area (Å²) in [4.78, 5) is 13.4. The van der Waals surface area contributed by atoms with E-state index in [9.17, 15) is 4.79 Å². The number of fused-ring (bicyclic) bond motifs is 1. The maximum atomic E-state index is 11.7. The van der Waals surface area contributed by atoms with E-state index < -0.39 is 0 Å². The average Bonchev–Trinajstić information content (AvgIpc) is 2.87. The van der Waals surface area contributed by atoms with Gasteiger partial charge in [0.2, 0.25) is 11.3 Å². The zero-order valence-corrected chi connectivity index (χ0v) is 11.3. The highest BCUT2D eigenvalue weighted by atomic mass is 16.5. The highest BCUT2D eigenvalue weighted by Gasteiger charge is 2.23. The Morgan fingerprint density at radius 3 is 2.60 bits per heavy atom. The van der Waals surface area contributed by atoms with Crippen molar-refractivity contribution in [2.24, 2.45) is 0 Å². The van der Waals surface area contributed by atoms with Gasteiger partial charge in [0.25, 0.3) is 5.69 Å². The molecule has 5 nitrogen and oxygen atoms in total. The number of benzene rings is 1. The van der Waals surface area contributed by atoms with E-state index in [-0.39, 0.29) is 5.78 Å². The topological polar surface area (TPSA) is 48.2 Å². The van der Waals surface area contributed by atoms with Gasteiger partial charge in [-0.15, -0.1) is 4.52 Å². The summed E-state index contributed by atoms with van der Waals surface area (Å²) in [5.74, 6) is 0.725. The minimum atomic E-state index is -0.0547. The Morgan fingerprint density at radius 2 is 1.95 bits per heavy atom. The van der Waals surface area contributed by atoms with Crippen molar-refractivity contribution in [1.82, 2.24) is 9.90 Å². The van der Waals surface area contributed by atoms with Crippen LogP contribution in [0.3, 0.4) is 0 Å². The number of ketones is 1. The molecule has 0 unspecified atom stereocenters. The van der Waals surface area contributed by atoms with Gasteiger partial charge >= 0.3 is 0 Å². The van der Waals surface area contributed by atoms with Crippen molar-refractivity contribution >= 4 is 11.3 Å². The quantitative estimate of drug-likeness (QED) is 0.538. The van der Waals surface area contributed by atoms with E-state index in [0.717, 1.165) is 17.0 Å². The maximum absolute atomic E-state index is 11.7. The maximum Gasteiger partial charge on any atom is 0.292 e. The molecule has 0 amide bonds. The number of rotatable bonds is 3. The van der Waals surface area contributed by atoms with Crippen LogP contribution < -0.4 is 9.25 Å². The van der Waals surface area contributed by atoms with Gasteiger partial charge in [-0.05, 0) is 41.2 Å². The van der Waals surface area contributed by atoms with Crippen molar-refractivity contribution in [3.8, 4) is 11.4 Å². The van der Waals surface area contributed by atoms with Crippen molar-refractivity contribution in [3.63, 3.8) is 0 Å². The summed E-state index contributed by atoms with van der Waals surface area (Å²) in [6.45, 7) is 1.52. The minimum Gasteiger partial charge on any atom is -0.497 e. The van der Waals surface area contributed by atoms with Gasteiger partial charge in [0.05, 0.1) is 12.2 Å². The molecule has 0 saturated carbocycles. The second kappa shape index (κ2) is 4.77. The molecule has 0 aliphatic heterocycles. The number of Topliss-reactive ketones (excluding diaryl/α,β-unsaturated/α-hetero) is 1. The number of ether oxygens (including phenoxy) is 1. The Hall–Kier alpha value is -2.69. The summed E-state index contributed by atoms with van der Waals surface area (Å²) >= 11 is 0. The first-order valence-corrected chi connectivity index (χ1v) is 6.26. The first-order chi connectivity index (χ1) is 9.70. The molecule has 3 rings (SSSR count). The van der Waals surface area contributed by atoms with Crippen molar-refractivity contribution < 1.29 is 14.0 Å². The van der Waals surface area contributed by atoms with Crippen molar-refractivity contribution in [2.75, 3.05) is 7.11 Å². The summed E-state index contributed by atoms with van der Waals surface area (Å²) in [6.07, 6.45) is 1.87. The smallest absolute Gasteiger partial charge is 0.292 e. The number of carbonyl (C=O) groups excluding carboxylic acids is 1. The summed E-state index contributed by atoms with van der Waals surface area (Å²) in [6, 6.07) is 13.2. The van der Waals surface area contributed by atoms with Gasteiger partial charge in [0.15, 0.2) is 0 Å².